The van der Waals surface area contributed by atoms with E-state index in [4.69, 9.17) is 17.3 Å². The molecule has 3 amide bonds. The molecule has 1 aliphatic heterocycles. The number of nitrogens with zero attached hydrogens (tertiary/aromatic N) is 1. The van der Waals surface area contributed by atoms with Gasteiger partial charge in [-0.05, 0) is 42.6 Å². The number of hydrogen-bond donors (Lipinski definition) is 3. The maximum absolute atomic E-state index is 13.6. The quantitative estimate of drug-likeness (QED) is 0.323. The van der Waals surface area contributed by atoms with Crippen molar-refractivity contribution in [1.29, 1.82) is 0 Å². The number of carbonyl (C=O) groups excluding carboxylic acids is 4. The van der Waals surface area contributed by atoms with Crippen LogP contribution >= 0.6 is 11.6 Å². The van der Waals surface area contributed by atoms with Gasteiger partial charge in [-0.2, -0.15) is 0 Å². The van der Waals surface area contributed by atoms with E-state index in [-0.39, 0.29) is 44.0 Å². The Balaban J connectivity index is 1.50. The predicted molar refractivity (Wildman–Crippen MR) is 155 cm³/mol. The van der Waals surface area contributed by atoms with E-state index in [1.165, 1.54) is 4.90 Å². The normalized spacial score (nSPS) is 15.1. The number of fused-ring (bicyclic) bond motifs is 1. The number of para-hydroxylation sites is 1. The molecule has 2 atom stereocenters. The summed E-state index contributed by atoms with van der Waals surface area (Å²) in [6.45, 7) is 2.22. The van der Waals surface area contributed by atoms with Crippen LogP contribution in [-0.2, 0) is 27.3 Å². The molecule has 0 saturated carbocycles. The first-order valence-corrected chi connectivity index (χ1v) is 13.7. The number of halogens is 1. The number of carbonyl (C=O) groups is 4. The Kier molecular flexibility index (Phi) is 9.69. The van der Waals surface area contributed by atoms with Gasteiger partial charge in [0, 0.05) is 31.4 Å². The Hall–Kier alpha value is -4.01. The predicted octanol–water partition coefficient (Wildman–Crippen LogP) is 4.04. The minimum absolute atomic E-state index is 0.0296. The van der Waals surface area contributed by atoms with Gasteiger partial charge >= 0.3 is 0 Å². The molecule has 0 aromatic heterocycles. The summed E-state index contributed by atoms with van der Waals surface area (Å²) in [6, 6.07) is 19.9. The van der Waals surface area contributed by atoms with E-state index in [0.717, 1.165) is 16.7 Å². The molecule has 0 unspecified atom stereocenters. The molecule has 8 nitrogen and oxygen atoms in total. The molecule has 0 bridgehead atoms. The lowest BCUT2D eigenvalue weighted by Gasteiger charge is -2.36. The largest absolute Gasteiger partial charge is 0.342 e. The summed E-state index contributed by atoms with van der Waals surface area (Å²) in [5.41, 5.74) is 9.47. The molecule has 208 valence electrons. The van der Waals surface area contributed by atoms with Crippen LogP contribution in [0.3, 0.4) is 0 Å². The molecule has 0 fully saturated rings. The van der Waals surface area contributed by atoms with Crippen LogP contribution in [-0.4, -0.2) is 47.0 Å². The molecule has 0 saturated heterocycles. The fourth-order valence-electron chi connectivity index (χ4n) is 4.86. The number of hydrogen-bond acceptors (Lipinski definition) is 5. The fraction of sp³-hybridized carbons (Fsp3) is 0.290. The number of anilines is 1. The van der Waals surface area contributed by atoms with Crippen LogP contribution in [0.4, 0.5) is 5.69 Å². The zero-order valence-corrected chi connectivity index (χ0v) is 23.1. The minimum atomic E-state index is -0.929. The molecule has 4 rings (SSSR count). The standard InChI is InChI=1S/C31H33ClN4O4/c1-20-8-7-13-24(32)29(20)35-30(39)25(16-17-33)34-31(40)26-18-22-11-5-6-12-23(22)19-36(26)28(38)15-14-27(37)21-9-3-2-4-10-21/h2-13,25-26H,14-19,33H2,1H3,(H,34,40)(H,35,39)/t25-,26-/m0/s1. The van der Waals surface area contributed by atoms with E-state index in [1.54, 1.807) is 36.4 Å². The zero-order chi connectivity index (χ0) is 28.6. The van der Waals surface area contributed by atoms with Crippen molar-refractivity contribution in [2.75, 3.05) is 11.9 Å². The van der Waals surface area contributed by atoms with Crippen molar-refractivity contribution in [2.45, 2.75) is 51.2 Å². The Morgan fingerprint density at radius 3 is 2.35 bits per heavy atom. The molecular weight excluding hydrogens is 528 g/mol. The van der Waals surface area contributed by atoms with E-state index in [0.29, 0.717) is 22.7 Å². The fourth-order valence-corrected chi connectivity index (χ4v) is 5.12. The summed E-state index contributed by atoms with van der Waals surface area (Å²) in [6.07, 6.45) is 0.494. The maximum Gasteiger partial charge on any atom is 0.247 e. The number of benzene rings is 3. The monoisotopic (exact) mass is 560 g/mol. The number of nitrogens with one attached hydrogen (secondary N) is 2. The Bertz CT molecular complexity index is 1370. The molecular formula is C31H33ClN4O4. The first-order valence-electron chi connectivity index (χ1n) is 13.3. The molecule has 0 radical (unpaired) electrons. The van der Waals surface area contributed by atoms with Gasteiger partial charge in [-0.1, -0.05) is 78.3 Å². The highest BCUT2D eigenvalue weighted by Gasteiger charge is 2.36. The highest BCUT2D eigenvalue weighted by molar-refractivity contribution is 6.34. The van der Waals surface area contributed by atoms with Crippen LogP contribution in [0.15, 0.2) is 72.8 Å². The van der Waals surface area contributed by atoms with Crippen molar-refractivity contribution in [3.05, 3.63) is 100 Å². The smallest absolute Gasteiger partial charge is 0.247 e. The van der Waals surface area contributed by atoms with Gasteiger partial charge in [-0.3, -0.25) is 19.2 Å². The number of aryl methyl sites for hydroxylation is 1. The summed E-state index contributed by atoms with van der Waals surface area (Å²) >= 11 is 6.28. The summed E-state index contributed by atoms with van der Waals surface area (Å²) in [7, 11) is 0. The van der Waals surface area contributed by atoms with Crippen molar-refractivity contribution < 1.29 is 19.2 Å². The molecule has 4 N–H and O–H groups in total. The lowest BCUT2D eigenvalue weighted by molar-refractivity contribution is -0.142. The van der Waals surface area contributed by atoms with Crippen LogP contribution in [0.25, 0.3) is 0 Å². The lowest BCUT2D eigenvalue weighted by atomic mass is 9.92. The minimum Gasteiger partial charge on any atom is -0.342 e. The third-order valence-electron chi connectivity index (χ3n) is 7.09. The number of ketones is 1. The lowest BCUT2D eigenvalue weighted by Crippen LogP contribution is -2.56. The molecule has 0 aliphatic carbocycles. The molecule has 9 heteroatoms. The van der Waals surface area contributed by atoms with E-state index in [9.17, 15) is 19.2 Å². The van der Waals surface area contributed by atoms with Crippen LogP contribution in [0.1, 0.15) is 46.3 Å². The second-order valence-electron chi connectivity index (χ2n) is 9.86. The highest BCUT2D eigenvalue weighted by Crippen LogP contribution is 2.27. The Labute approximate surface area is 238 Å². The van der Waals surface area contributed by atoms with E-state index < -0.39 is 23.9 Å². The van der Waals surface area contributed by atoms with Crippen LogP contribution in [0, 0.1) is 6.92 Å². The van der Waals surface area contributed by atoms with Gasteiger partial charge < -0.3 is 21.3 Å². The number of nitrogens with two attached hydrogens (primary N) is 1. The van der Waals surface area contributed by atoms with Gasteiger partial charge in [0.1, 0.15) is 12.1 Å². The van der Waals surface area contributed by atoms with Crippen molar-refractivity contribution in [3.63, 3.8) is 0 Å². The van der Waals surface area contributed by atoms with Crippen LogP contribution in [0.2, 0.25) is 5.02 Å². The molecule has 3 aromatic rings. The molecule has 3 aromatic carbocycles. The topological polar surface area (TPSA) is 122 Å². The summed E-state index contributed by atoms with van der Waals surface area (Å²) < 4.78 is 0. The summed E-state index contributed by atoms with van der Waals surface area (Å²) in [4.78, 5) is 54.4. The van der Waals surface area contributed by atoms with Gasteiger partial charge in [0.15, 0.2) is 5.78 Å². The average molecular weight is 561 g/mol. The average Bonchev–Trinajstić information content (AvgIpc) is 2.97. The first-order chi connectivity index (χ1) is 19.3. The number of amides is 3. The summed E-state index contributed by atoms with van der Waals surface area (Å²) in [5.74, 6) is -1.34. The van der Waals surface area contributed by atoms with Gasteiger partial charge in [-0.15, -0.1) is 0 Å². The van der Waals surface area contributed by atoms with E-state index in [1.807, 2.05) is 43.3 Å². The van der Waals surface area contributed by atoms with Crippen molar-refractivity contribution in [3.8, 4) is 0 Å². The van der Waals surface area contributed by atoms with Crippen LogP contribution < -0.4 is 16.4 Å². The Morgan fingerprint density at radius 2 is 1.65 bits per heavy atom. The molecule has 40 heavy (non-hydrogen) atoms. The SMILES string of the molecule is Cc1cccc(Cl)c1NC(=O)[C@H](CCN)NC(=O)[C@@H]1Cc2ccccc2CN1C(=O)CCC(=O)c1ccccc1. The second kappa shape index (κ2) is 13.4. The third kappa shape index (κ3) is 6.94. The van der Waals surface area contributed by atoms with Gasteiger partial charge in [0.2, 0.25) is 17.7 Å². The maximum atomic E-state index is 13.6. The number of Topliss-reactive ketones (excluding diaryl/α,β-unsaturated/α-hetero) is 1. The molecule has 0 spiro atoms. The van der Waals surface area contributed by atoms with Gasteiger partial charge in [0.25, 0.3) is 0 Å². The van der Waals surface area contributed by atoms with E-state index >= 15 is 0 Å². The highest BCUT2D eigenvalue weighted by atomic mass is 35.5. The zero-order valence-electron chi connectivity index (χ0n) is 22.4. The Morgan fingerprint density at radius 1 is 0.950 bits per heavy atom. The second-order valence-corrected chi connectivity index (χ2v) is 10.3. The summed E-state index contributed by atoms with van der Waals surface area (Å²) in [5, 5.41) is 6.01. The number of rotatable bonds is 10. The molecule has 1 aliphatic rings. The van der Waals surface area contributed by atoms with Gasteiger partial charge in [0.05, 0.1) is 10.7 Å². The van der Waals surface area contributed by atoms with Gasteiger partial charge in [-0.25, -0.2) is 0 Å². The van der Waals surface area contributed by atoms with E-state index in [2.05, 4.69) is 10.6 Å². The van der Waals surface area contributed by atoms with Crippen LogP contribution in [0.5, 0.6) is 0 Å². The third-order valence-corrected chi connectivity index (χ3v) is 7.41. The van der Waals surface area contributed by atoms with Crippen molar-refractivity contribution in [2.24, 2.45) is 5.73 Å². The van der Waals surface area contributed by atoms with Crippen molar-refractivity contribution in [1.82, 2.24) is 10.2 Å². The molecule has 1 heterocycles. The first kappa shape index (κ1) is 29.0. The van der Waals surface area contributed by atoms with Crippen molar-refractivity contribution >= 4 is 40.8 Å².